The van der Waals surface area contributed by atoms with Gasteiger partial charge < -0.3 is 4.98 Å². The zero-order valence-electron chi connectivity index (χ0n) is 9.15. The van der Waals surface area contributed by atoms with E-state index < -0.39 is 0 Å². The van der Waals surface area contributed by atoms with Crippen LogP contribution in [0.4, 0.5) is 0 Å². The van der Waals surface area contributed by atoms with Gasteiger partial charge in [0.05, 0.1) is 0 Å². The fourth-order valence-electron chi connectivity index (χ4n) is 2.11. The van der Waals surface area contributed by atoms with Gasteiger partial charge in [-0.3, -0.25) is 0 Å². The molecule has 0 aliphatic rings. The van der Waals surface area contributed by atoms with Gasteiger partial charge in [-0.2, -0.15) is 0 Å². The molecule has 2 rings (SSSR count). The van der Waals surface area contributed by atoms with Crippen LogP contribution >= 0.6 is 0 Å². The van der Waals surface area contributed by atoms with Crippen LogP contribution in [0.2, 0.25) is 0 Å². The van der Waals surface area contributed by atoms with E-state index in [1.165, 1.54) is 27.7 Å². The third kappa shape index (κ3) is 1.33. The second kappa shape index (κ2) is 3.49. The summed E-state index contributed by atoms with van der Waals surface area (Å²) in [6.07, 6.45) is 2.22. The number of nitrogens with one attached hydrogen (secondary N) is 1. The summed E-state index contributed by atoms with van der Waals surface area (Å²) in [5.41, 5.74) is 5.48. The molecule has 0 atom stereocenters. The first-order valence-electron chi connectivity index (χ1n) is 5.36. The molecule has 1 nitrogen and oxygen atoms in total. The molecule has 1 heterocycles. The molecule has 0 aliphatic carbocycles. The SMILES string of the molecule is CCc1ccc2[nH]c(C)c(CC)c2c1. The number of rotatable bonds is 2. The van der Waals surface area contributed by atoms with E-state index in [-0.39, 0.29) is 0 Å². The summed E-state index contributed by atoms with van der Waals surface area (Å²) in [6, 6.07) is 6.72. The lowest BCUT2D eigenvalue weighted by Crippen LogP contribution is -1.82. The minimum absolute atomic E-state index is 1.11. The Labute approximate surface area is 85.1 Å². The lowest BCUT2D eigenvalue weighted by molar-refractivity contribution is 1.11. The molecule has 2 aromatic rings. The Hall–Kier alpha value is -1.24. The van der Waals surface area contributed by atoms with Crippen LogP contribution in [0.5, 0.6) is 0 Å². The minimum atomic E-state index is 1.11. The van der Waals surface area contributed by atoms with E-state index in [0.717, 1.165) is 12.8 Å². The monoisotopic (exact) mass is 187 g/mol. The molecule has 0 radical (unpaired) electrons. The number of fused-ring (bicyclic) bond motifs is 1. The van der Waals surface area contributed by atoms with Crippen molar-refractivity contribution in [1.29, 1.82) is 0 Å². The van der Waals surface area contributed by atoms with E-state index in [1.807, 2.05) is 0 Å². The average molecular weight is 187 g/mol. The second-order valence-electron chi connectivity index (χ2n) is 3.82. The average Bonchev–Trinajstić information content (AvgIpc) is 2.52. The molecule has 0 spiro atoms. The van der Waals surface area contributed by atoms with E-state index in [0.29, 0.717) is 0 Å². The number of hydrogen-bond acceptors (Lipinski definition) is 0. The maximum Gasteiger partial charge on any atom is 0.0459 e. The van der Waals surface area contributed by atoms with Crippen LogP contribution in [0.1, 0.15) is 30.7 Å². The third-order valence-corrected chi connectivity index (χ3v) is 2.95. The van der Waals surface area contributed by atoms with Crippen molar-refractivity contribution >= 4 is 10.9 Å². The first-order valence-corrected chi connectivity index (χ1v) is 5.36. The van der Waals surface area contributed by atoms with Crippen molar-refractivity contribution in [2.45, 2.75) is 33.6 Å². The molecule has 74 valence electrons. The highest BCUT2D eigenvalue weighted by atomic mass is 14.7. The largest absolute Gasteiger partial charge is 0.358 e. The topological polar surface area (TPSA) is 15.8 Å². The van der Waals surface area contributed by atoms with E-state index in [4.69, 9.17) is 0 Å². The molecule has 14 heavy (non-hydrogen) atoms. The summed E-state index contributed by atoms with van der Waals surface area (Å²) in [4.78, 5) is 3.43. The zero-order chi connectivity index (χ0) is 10.1. The number of benzene rings is 1. The van der Waals surface area contributed by atoms with Gasteiger partial charge in [0.25, 0.3) is 0 Å². The maximum absolute atomic E-state index is 3.43. The smallest absolute Gasteiger partial charge is 0.0459 e. The lowest BCUT2D eigenvalue weighted by atomic mass is 10.1. The van der Waals surface area contributed by atoms with Gasteiger partial charge in [0.1, 0.15) is 0 Å². The third-order valence-electron chi connectivity index (χ3n) is 2.95. The summed E-state index contributed by atoms with van der Waals surface area (Å²) in [5.74, 6) is 0. The summed E-state index contributed by atoms with van der Waals surface area (Å²) in [5, 5.41) is 1.41. The van der Waals surface area contributed by atoms with Gasteiger partial charge in [-0.05, 0) is 43.0 Å². The molecule has 0 saturated carbocycles. The van der Waals surface area contributed by atoms with Gasteiger partial charge in [0.15, 0.2) is 0 Å². The Morgan fingerprint density at radius 1 is 1.14 bits per heavy atom. The van der Waals surface area contributed by atoms with Crippen LogP contribution in [0.3, 0.4) is 0 Å². The van der Waals surface area contributed by atoms with Gasteiger partial charge >= 0.3 is 0 Å². The number of aromatic nitrogens is 1. The van der Waals surface area contributed by atoms with Crippen molar-refractivity contribution in [2.24, 2.45) is 0 Å². The van der Waals surface area contributed by atoms with Crippen LogP contribution in [0, 0.1) is 6.92 Å². The predicted octanol–water partition coefficient (Wildman–Crippen LogP) is 3.60. The van der Waals surface area contributed by atoms with Crippen LogP contribution in [-0.4, -0.2) is 4.98 Å². The van der Waals surface area contributed by atoms with Crippen LogP contribution in [-0.2, 0) is 12.8 Å². The van der Waals surface area contributed by atoms with Crippen molar-refractivity contribution in [3.8, 4) is 0 Å². The number of hydrogen-bond donors (Lipinski definition) is 1. The molecule has 0 saturated heterocycles. The molecular weight excluding hydrogens is 170 g/mol. The maximum atomic E-state index is 3.43. The lowest BCUT2D eigenvalue weighted by Gasteiger charge is -1.98. The predicted molar refractivity (Wildman–Crippen MR) is 61.8 cm³/mol. The molecule has 1 aromatic carbocycles. The molecule has 0 aliphatic heterocycles. The van der Waals surface area contributed by atoms with E-state index in [2.05, 4.69) is 44.0 Å². The van der Waals surface area contributed by atoms with Gasteiger partial charge in [-0.15, -0.1) is 0 Å². The molecular formula is C13H17N. The first-order chi connectivity index (χ1) is 6.76. The van der Waals surface area contributed by atoms with Crippen LogP contribution in [0.25, 0.3) is 10.9 Å². The number of aromatic amines is 1. The summed E-state index contributed by atoms with van der Waals surface area (Å²) in [6.45, 7) is 6.57. The Morgan fingerprint density at radius 2 is 1.93 bits per heavy atom. The summed E-state index contributed by atoms with van der Waals surface area (Å²) in [7, 11) is 0. The summed E-state index contributed by atoms with van der Waals surface area (Å²) >= 11 is 0. The normalized spacial score (nSPS) is 11.1. The highest BCUT2D eigenvalue weighted by Crippen LogP contribution is 2.23. The molecule has 0 bridgehead atoms. The molecule has 1 N–H and O–H groups in total. The fourth-order valence-corrected chi connectivity index (χ4v) is 2.11. The second-order valence-corrected chi connectivity index (χ2v) is 3.82. The fraction of sp³-hybridized carbons (Fsp3) is 0.385. The van der Waals surface area contributed by atoms with Crippen molar-refractivity contribution in [3.63, 3.8) is 0 Å². The quantitative estimate of drug-likeness (QED) is 0.739. The van der Waals surface area contributed by atoms with Crippen molar-refractivity contribution < 1.29 is 0 Å². The first kappa shape index (κ1) is 9.32. The Kier molecular flexibility index (Phi) is 2.32. The molecule has 0 amide bonds. The number of aryl methyl sites for hydroxylation is 3. The van der Waals surface area contributed by atoms with Crippen molar-refractivity contribution in [2.75, 3.05) is 0 Å². The Balaban J connectivity index is 2.71. The van der Waals surface area contributed by atoms with Crippen molar-refractivity contribution in [3.05, 3.63) is 35.0 Å². The van der Waals surface area contributed by atoms with Crippen molar-refractivity contribution in [1.82, 2.24) is 4.98 Å². The Morgan fingerprint density at radius 3 is 2.57 bits per heavy atom. The Bertz CT molecular complexity index is 451. The van der Waals surface area contributed by atoms with Gasteiger partial charge in [-0.1, -0.05) is 19.9 Å². The summed E-state index contributed by atoms with van der Waals surface area (Å²) < 4.78 is 0. The van der Waals surface area contributed by atoms with E-state index in [9.17, 15) is 0 Å². The standard InChI is InChI=1S/C13H17N/c1-4-10-6-7-13-12(8-10)11(5-2)9(3)14-13/h6-8,14H,4-5H2,1-3H3. The van der Waals surface area contributed by atoms with Gasteiger partial charge in [0, 0.05) is 16.6 Å². The van der Waals surface area contributed by atoms with Gasteiger partial charge in [-0.25, -0.2) is 0 Å². The van der Waals surface area contributed by atoms with E-state index in [1.54, 1.807) is 0 Å². The van der Waals surface area contributed by atoms with E-state index >= 15 is 0 Å². The zero-order valence-corrected chi connectivity index (χ0v) is 9.15. The highest BCUT2D eigenvalue weighted by Gasteiger charge is 2.06. The molecule has 0 fully saturated rings. The minimum Gasteiger partial charge on any atom is -0.358 e. The molecule has 1 aromatic heterocycles. The molecule has 0 unspecified atom stereocenters. The molecule has 1 heteroatoms. The van der Waals surface area contributed by atoms with Crippen LogP contribution < -0.4 is 0 Å². The highest BCUT2D eigenvalue weighted by molar-refractivity contribution is 5.85. The number of H-pyrrole nitrogens is 1. The van der Waals surface area contributed by atoms with Gasteiger partial charge in [0.2, 0.25) is 0 Å². The van der Waals surface area contributed by atoms with Crippen LogP contribution in [0.15, 0.2) is 18.2 Å².